The van der Waals surface area contributed by atoms with Crippen LogP contribution in [0.15, 0.2) is 30.3 Å². The van der Waals surface area contributed by atoms with Gasteiger partial charge >= 0.3 is 0 Å². The van der Waals surface area contributed by atoms with Crippen LogP contribution in [0.5, 0.6) is 0 Å². The first-order valence-corrected chi connectivity index (χ1v) is 8.78. The first-order valence-electron chi connectivity index (χ1n) is 7.96. The molecule has 1 aromatic heterocycles. The van der Waals surface area contributed by atoms with E-state index in [-0.39, 0.29) is 11.7 Å². The zero-order valence-corrected chi connectivity index (χ0v) is 14.0. The second-order valence-corrected chi connectivity index (χ2v) is 6.86. The molecule has 1 amide bonds. The Balaban J connectivity index is 1.75. The highest BCUT2D eigenvalue weighted by molar-refractivity contribution is 7.16. The molecule has 24 heavy (non-hydrogen) atoms. The standard InChI is InChI=1S/C19H17FN2OS/c20-14-9-6-13(7-10-14)8-11-18(23)22-19-16(12-21)15-4-2-1-3-5-17(15)24-19/h6-11H,1-5H2,(H,22,23). The maximum absolute atomic E-state index is 12.9. The van der Waals surface area contributed by atoms with Crippen LogP contribution in [0.3, 0.4) is 0 Å². The number of halogens is 1. The van der Waals surface area contributed by atoms with Crippen LogP contribution in [0.1, 0.15) is 40.8 Å². The number of fused-ring (bicyclic) bond motifs is 1. The van der Waals surface area contributed by atoms with Crippen molar-refractivity contribution < 1.29 is 9.18 Å². The number of rotatable bonds is 3. The number of aryl methyl sites for hydroxylation is 1. The summed E-state index contributed by atoms with van der Waals surface area (Å²) >= 11 is 1.51. The molecule has 122 valence electrons. The summed E-state index contributed by atoms with van der Waals surface area (Å²) in [5.41, 5.74) is 2.47. The van der Waals surface area contributed by atoms with Gasteiger partial charge in [0.1, 0.15) is 16.9 Å². The quantitative estimate of drug-likeness (QED) is 0.651. The molecule has 0 aliphatic heterocycles. The van der Waals surface area contributed by atoms with Crippen LogP contribution in [0.4, 0.5) is 9.39 Å². The molecule has 0 atom stereocenters. The van der Waals surface area contributed by atoms with Crippen LogP contribution in [0.25, 0.3) is 6.08 Å². The summed E-state index contributed by atoms with van der Waals surface area (Å²) in [5.74, 6) is -0.595. The van der Waals surface area contributed by atoms with Gasteiger partial charge in [0.15, 0.2) is 0 Å². The lowest BCUT2D eigenvalue weighted by Crippen LogP contribution is -2.07. The number of nitrogens with zero attached hydrogens (tertiary/aromatic N) is 1. The highest BCUT2D eigenvalue weighted by Gasteiger charge is 2.20. The molecule has 0 bridgehead atoms. The van der Waals surface area contributed by atoms with Crippen LogP contribution >= 0.6 is 11.3 Å². The number of anilines is 1. The highest BCUT2D eigenvalue weighted by atomic mass is 32.1. The van der Waals surface area contributed by atoms with Crippen LogP contribution in [-0.4, -0.2) is 5.91 Å². The van der Waals surface area contributed by atoms with Crippen LogP contribution in [-0.2, 0) is 17.6 Å². The van der Waals surface area contributed by atoms with Crippen molar-refractivity contribution in [2.45, 2.75) is 32.1 Å². The maximum Gasteiger partial charge on any atom is 0.249 e. The normalized spacial score (nSPS) is 14.0. The summed E-state index contributed by atoms with van der Waals surface area (Å²) in [6.45, 7) is 0. The number of hydrogen-bond donors (Lipinski definition) is 1. The maximum atomic E-state index is 12.9. The number of carbonyl (C=O) groups is 1. The lowest BCUT2D eigenvalue weighted by molar-refractivity contribution is -0.111. The van der Waals surface area contributed by atoms with Crippen LogP contribution < -0.4 is 5.32 Å². The van der Waals surface area contributed by atoms with E-state index in [9.17, 15) is 14.4 Å². The number of thiophene rings is 1. The molecule has 2 aromatic rings. The summed E-state index contributed by atoms with van der Waals surface area (Å²) in [6, 6.07) is 8.15. The molecule has 1 aromatic carbocycles. The Labute approximate surface area is 144 Å². The van der Waals surface area contributed by atoms with E-state index in [0.717, 1.165) is 36.8 Å². The van der Waals surface area contributed by atoms with E-state index in [2.05, 4.69) is 11.4 Å². The van der Waals surface area contributed by atoms with Gasteiger partial charge in [-0.3, -0.25) is 4.79 Å². The van der Waals surface area contributed by atoms with Gasteiger partial charge < -0.3 is 5.32 Å². The minimum atomic E-state index is -0.310. The van der Waals surface area contributed by atoms with Crippen molar-refractivity contribution >= 4 is 28.3 Å². The van der Waals surface area contributed by atoms with E-state index in [4.69, 9.17) is 0 Å². The number of carbonyl (C=O) groups excluding carboxylic acids is 1. The predicted octanol–water partition coefficient (Wildman–Crippen LogP) is 4.68. The molecule has 1 aliphatic rings. The van der Waals surface area contributed by atoms with Crippen molar-refractivity contribution in [3.05, 3.63) is 57.7 Å². The third kappa shape index (κ3) is 3.72. The Morgan fingerprint density at radius 3 is 2.71 bits per heavy atom. The predicted molar refractivity (Wildman–Crippen MR) is 94.4 cm³/mol. The fraction of sp³-hybridized carbons (Fsp3) is 0.263. The largest absolute Gasteiger partial charge is 0.313 e. The van der Waals surface area contributed by atoms with E-state index in [1.807, 2.05) is 0 Å². The highest BCUT2D eigenvalue weighted by Crippen LogP contribution is 2.36. The Morgan fingerprint density at radius 1 is 1.21 bits per heavy atom. The summed E-state index contributed by atoms with van der Waals surface area (Å²) in [6.07, 6.45) is 8.34. The summed E-state index contributed by atoms with van der Waals surface area (Å²) in [4.78, 5) is 13.4. The Bertz CT molecular complexity index is 815. The molecule has 0 saturated heterocycles. The van der Waals surface area contributed by atoms with Crippen molar-refractivity contribution in [1.82, 2.24) is 0 Å². The molecule has 1 aliphatic carbocycles. The van der Waals surface area contributed by atoms with E-state index in [1.165, 1.54) is 40.8 Å². The number of nitriles is 1. The van der Waals surface area contributed by atoms with Gasteiger partial charge in [-0.2, -0.15) is 5.26 Å². The minimum Gasteiger partial charge on any atom is -0.313 e. The minimum absolute atomic E-state index is 0.285. The van der Waals surface area contributed by atoms with Crippen LogP contribution in [0.2, 0.25) is 0 Å². The van der Waals surface area contributed by atoms with Crippen molar-refractivity contribution in [1.29, 1.82) is 5.26 Å². The van der Waals surface area contributed by atoms with Crippen LogP contribution in [0, 0.1) is 17.1 Å². The monoisotopic (exact) mass is 340 g/mol. The van der Waals surface area contributed by atoms with Crippen molar-refractivity contribution in [3.8, 4) is 6.07 Å². The molecule has 3 nitrogen and oxygen atoms in total. The molecule has 0 saturated carbocycles. The number of amides is 1. The zero-order valence-electron chi connectivity index (χ0n) is 13.1. The zero-order chi connectivity index (χ0) is 16.9. The molecule has 0 radical (unpaired) electrons. The number of benzene rings is 1. The topological polar surface area (TPSA) is 52.9 Å². The van der Waals surface area contributed by atoms with Gasteiger partial charge in [0.2, 0.25) is 5.91 Å². The van der Waals surface area contributed by atoms with E-state index < -0.39 is 0 Å². The number of hydrogen-bond acceptors (Lipinski definition) is 3. The third-order valence-electron chi connectivity index (χ3n) is 4.07. The molecule has 0 fully saturated rings. The van der Waals surface area contributed by atoms with E-state index in [0.29, 0.717) is 10.6 Å². The fourth-order valence-electron chi connectivity index (χ4n) is 2.85. The lowest BCUT2D eigenvalue weighted by atomic mass is 10.1. The second-order valence-electron chi connectivity index (χ2n) is 5.75. The van der Waals surface area contributed by atoms with E-state index in [1.54, 1.807) is 18.2 Å². The molecule has 5 heteroatoms. The van der Waals surface area contributed by atoms with Gasteiger partial charge in [0, 0.05) is 11.0 Å². The average molecular weight is 340 g/mol. The van der Waals surface area contributed by atoms with Gasteiger partial charge in [-0.25, -0.2) is 4.39 Å². The summed E-state index contributed by atoms with van der Waals surface area (Å²) in [5, 5.41) is 12.9. The van der Waals surface area contributed by atoms with E-state index >= 15 is 0 Å². The van der Waals surface area contributed by atoms with Crippen molar-refractivity contribution in [2.75, 3.05) is 5.32 Å². The Hall–Kier alpha value is -2.45. The Kier molecular flexibility index (Phi) is 5.07. The molecular weight excluding hydrogens is 323 g/mol. The third-order valence-corrected chi connectivity index (χ3v) is 5.27. The van der Waals surface area contributed by atoms with Gasteiger partial charge in [-0.1, -0.05) is 18.6 Å². The summed E-state index contributed by atoms with van der Waals surface area (Å²) in [7, 11) is 0. The number of nitrogens with one attached hydrogen (secondary N) is 1. The SMILES string of the molecule is N#Cc1c(NC(=O)C=Cc2ccc(F)cc2)sc2c1CCCCC2. The average Bonchev–Trinajstić information content (AvgIpc) is 2.74. The lowest BCUT2D eigenvalue weighted by Gasteiger charge is -2.01. The first kappa shape index (κ1) is 16.4. The van der Waals surface area contributed by atoms with Crippen molar-refractivity contribution in [3.63, 3.8) is 0 Å². The molecule has 0 unspecified atom stereocenters. The summed E-state index contributed by atoms with van der Waals surface area (Å²) < 4.78 is 12.9. The first-order chi connectivity index (χ1) is 11.7. The van der Waals surface area contributed by atoms with Gasteiger partial charge in [-0.05, 0) is 55.0 Å². The molecule has 0 spiro atoms. The molecule has 3 rings (SSSR count). The molecular formula is C19H17FN2OS. The smallest absolute Gasteiger partial charge is 0.249 e. The fourth-order valence-corrected chi connectivity index (χ4v) is 4.09. The molecule has 1 N–H and O–H groups in total. The Morgan fingerprint density at radius 2 is 1.96 bits per heavy atom. The van der Waals surface area contributed by atoms with Gasteiger partial charge in [0.25, 0.3) is 0 Å². The molecule has 1 heterocycles. The van der Waals surface area contributed by atoms with Gasteiger partial charge in [-0.15, -0.1) is 11.3 Å². The van der Waals surface area contributed by atoms with Crippen molar-refractivity contribution in [2.24, 2.45) is 0 Å². The second kappa shape index (κ2) is 7.41. The van der Waals surface area contributed by atoms with Gasteiger partial charge in [0.05, 0.1) is 5.56 Å².